The maximum Gasteiger partial charge on any atom is 0.306 e. The molecule has 0 bridgehead atoms. The van der Waals surface area contributed by atoms with E-state index in [2.05, 4.69) is 4.99 Å². The average molecular weight is 283 g/mol. The number of nitrogens with zero attached hydrogens (tertiary/aromatic N) is 2. The number of halogens is 1. The van der Waals surface area contributed by atoms with Crippen molar-refractivity contribution in [3.63, 3.8) is 0 Å². The molecule has 0 heterocycles. The number of ether oxygens (including phenoxy) is 1. The fourth-order valence-electron chi connectivity index (χ4n) is 1.64. The van der Waals surface area contributed by atoms with Crippen LogP contribution in [0.3, 0.4) is 0 Å². The van der Waals surface area contributed by atoms with Crippen molar-refractivity contribution in [3.05, 3.63) is 34.9 Å². The summed E-state index contributed by atoms with van der Waals surface area (Å²) in [6, 6.07) is 7.47. The fourth-order valence-corrected chi connectivity index (χ4v) is 1.77. The van der Waals surface area contributed by atoms with E-state index in [9.17, 15) is 4.79 Å². The van der Waals surface area contributed by atoms with Crippen LogP contribution in [0.2, 0.25) is 5.02 Å². The third kappa shape index (κ3) is 5.75. The topological polar surface area (TPSA) is 41.9 Å². The van der Waals surface area contributed by atoms with Crippen LogP contribution >= 0.6 is 11.6 Å². The third-order valence-corrected chi connectivity index (χ3v) is 2.87. The molecule has 1 aromatic rings. The lowest BCUT2D eigenvalue weighted by molar-refractivity contribution is -0.141. The van der Waals surface area contributed by atoms with Crippen LogP contribution in [0.5, 0.6) is 0 Å². The molecule has 0 aliphatic heterocycles. The van der Waals surface area contributed by atoms with Gasteiger partial charge >= 0.3 is 5.97 Å². The summed E-state index contributed by atoms with van der Waals surface area (Å²) in [5.41, 5.74) is 1.03. The van der Waals surface area contributed by atoms with Crippen molar-refractivity contribution in [2.75, 3.05) is 27.7 Å². The van der Waals surface area contributed by atoms with Gasteiger partial charge in [0.1, 0.15) is 0 Å². The molecular formula is C14H19ClN2O2. The van der Waals surface area contributed by atoms with E-state index in [-0.39, 0.29) is 11.9 Å². The van der Waals surface area contributed by atoms with Gasteiger partial charge < -0.3 is 9.64 Å². The van der Waals surface area contributed by atoms with Crippen LogP contribution in [0, 0.1) is 0 Å². The zero-order valence-corrected chi connectivity index (χ0v) is 12.2. The van der Waals surface area contributed by atoms with Crippen LogP contribution in [0.25, 0.3) is 0 Å². The van der Waals surface area contributed by atoms with Gasteiger partial charge in [-0.3, -0.25) is 9.79 Å². The Kier molecular flexibility index (Phi) is 6.36. The molecule has 4 nitrogen and oxygen atoms in total. The Labute approximate surface area is 119 Å². The third-order valence-electron chi connectivity index (χ3n) is 2.62. The summed E-state index contributed by atoms with van der Waals surface area (Å²) in [5.74, 6) is -0.235. The van der Waals surface area contributed by atoms with E-state index in [4.69, 9.17) is 16.3 Å². The highest BCUT2D eigenvalue weighted by molar-refractivity contribution is 6.30. The predicted molar refractivity (Wildman–Crippen MR) is 77.9 cm³/mol. The molecule has 1 unspecified atom stereocenters. The van der Waals surface area contributed by atoms with Crippen molar-refractivity contribution < 1.29 is 9.53 Å². The van der Waals surface area contributed by atoms with Gasteiger partial charge in [0.05, 0.1) is 19.9 Å². The van der Waals surface area contributed by atoms with E-state index in [1.807, 2.05) is 43.3 Å². The number of aliphatic imine (C=N–C) groups is 1. The molecule has 0 saturated heterocycles. The minimum absolute atomic E-state index is 0.000849. The first kappa shape index (κ1) is 15.5. The highest BCUT2D eigenvalue weighted by Crippen LogP contribution is 2.22. The second-order valence-corrected chi connectivity index (χ2v) is 4.91. The Morgan fingerprint density at radius 2 is 2.05 bits per heavy atom. The molecule has 1 atom stereocenters. The Hall–Kier alpha value is -1.55. The quantitative estimate of drug-likeness (QED) is 0.457. The van der Waals surface area contributed by atoms with E-state index in [0.717, 1.165) is 5.56 Å². The monoisotopic (exact) mass is 282 g/mol. The number of hydrogen-bond acceptors (Lipinski definition) is 3. The van der Waals surface area contributed by atoms with Gasteiger partial charge in [-0.15, -0.1) is 0 Å². The normalized spacial score (nSPS) is 12.4. The van der Waals surface area contributed by atoms with Gasteiger partial charge in [-0.25, -0.2) is 0 Å². The maximum absolute atomic E-state index is 11.4. The van der Waals surface area contributed by atoms with Crippen LogP contribution in [0.1, 0.15) is 17.9 Å². The van der Waals surface area contributed by atoms with E-state index in [1.54, 1.807) is 6.34 Å². The van der Waals surface area contributed by atoms with E-state index in [1.165, 1.54) is 7.11 Å². The molecule has 1 rings (SSSR count). The van der Waals surface area contributed by atoms with Crippen LogP contribution in [0.15, 0.2) is 29.3 Å². The van der Waals surface area contributed by atoms with Crippen molar-refractivity contribution >= 4 is 23.9 Å². The minimum Gasteiger partial charge on any atom is -0.469 e. The predicted octanol–water partition coefficient (Wildman–Crippen LogP) is 2.58. The first-order chi connectivity index (χ1) is 9.02. The lowest BCUT2D eigenvalue weighted by Crippen LogP contribution is -2.13. The minimum atomic E-state index is -0.236. The summed E-state index contributed by atoms with van der Waals surface area (Å²) in [4.78, 5) is 17.6. The number of esters is 1. The zero-order chi connectivity index (χ0) is 14.3. The van der Waals surface area contributed by atoms with Gasteiger partial charge in [-0.1, -0.05) is 23.7 Å². The van der Waals surface area contributed by atoms with Crippen LogP contribution in [-0.4, -0.2) is 45.0 Å². The van der Waals surface area contributed by atoms with Gasteiger partial charge in [0.2, 0.25) is 0 Å². The SMILES string of the molecule is COC(=O)CC(CN=CN(C)C)c1ccc(Cl)cc1. The molecule has 0 amide bonds. The molecule has 0 aromatic heterocycles. The first-order valence-corrected chi connectivity index (χ1v) is 6.39. The van der Waals surface area contributed by atoms with Crippen LogP contribution in [-0.2, 0) is 9.53 Å². The molecule has 0 saturated carbocycles. The Balaban J connectivity index is 2.79. The number of methoxy groups -OCH3 is 1. The van der Waals surface area contributed by atoms with E-state index in [0.29, 0.717) is 18.0 Å². The number of carbonyl (C=O) groups is 1. The van der Waals surface area contributed by atoms with Gasteiger partial charge in [-0.2, -0.15) is 0 Å². The number of benzene rings is 1. The standard InChI is InChI=1S/C14H19ClN2O2/c1-17(2)10-16-9-12(8-14(18)19-3)11-4-6-13(15)7-5-11/h4-7,10,12H,8-9H2,1-3H3. The molecule has 5 heteroatoms. The van der Waals surface area contributed by atoms with Crippen molar-refractivity contribution in [2.45, 2.75) is 12.3 Å². The second-order valence-electron chi connectivity index (χ2n) is 4.47. The summed E-state index contributed by atoms with van der Waals surface area (Å²) in [6.45, 7) is 0.537. The molecular weight excluding hydrogens is 264 g/mol. The number of carbonyl (C=O) groups excluding carboxylic acids is 1. The van der Waals surface area contributed by atoms with Gasteiger partial charge in [0.25, 0.3) is 0 Å². The van der Waals surface area contributed by atoms with Gasteiger partial charge in [0.15, 0.2) is 0 Å². The zero-order valence-electron chi connectivity index (χ0n) is 11.5. The highest BCUT2D eigenvalue weighted by atomic mass is 35.5. The number of hydrogen-bond donors (Lipinski definition) is 0. The molecule has 0 radical (unpaired) electrons. The molecule has 0 aliphatic carbocycles. The van der Waals surface area contributed by atoms with Crippen LogP contribution in [0.4, 0.5) is 0 Å². The van der Waals surface area contributed by atoms with Crippen molar-refractivity contribution in [3.8, 4) is 0 Å². The van der Waals surface area contributed by atoms with Crippen LogP contribution < -0.4 is 0 Å². The molecule has 0 N–H and O–H groups in total. The maximum atomic E-state index is 11.4. The highest BCUT2D eigenvalue weighted by Gasteiger charge is 2.16. The molecule has 1 aromatic carbocycles. The Morgan fingerprint density at radius 1 is 1.42 bits per heavy atom. The fraction of sp³-hybridized carbons (Fsp3) is 0.429. The smallest absolute Gasteiger partial charge is 0.306 e. The molecule has 0 spiro atoms. The summed E-state index contributed by atoms with van der Waals surface area (Å²) >= 11 is 5.87. The number of rotatable bonds is 6. The summed E-state index contributed by atoms with van der Waals surface area (Å²) in [5, 5.41) is 0.678. The molecule has 0 aliphatic rings. The molecule has 0 fully saturated rings. The van der Waals surface area contributed by atoms with Crippen molar-refractivity contribution in [1.29, 1.82) is 0 Å². The van der Waals surface area contributed by atoms with E-state index < -0.39 is 0 Å². The lowest BCUT2D eigenvalue weighted by Gasteiger charge is -2.14. The van der Waals surface area contributed by atoms with E-state index >= 15 is 0 Å². The van der Waals surface area contributed by atoms with Crippen molar-refractivity contribution in [1.82, 2.24) is 4.90 Å². The summed E-state index contributed by atoms with van der Waals surface area (Å²) in [6.07, 6.45) is 2.04. The summed E-state index contributed by atoms with van der Waals surface area (Å²) in [7, 11) is 5.20. The van der Waals surface area contributed by atoms with Crippen molar-refractivity contribution in [2.24, 2.45) is 4.99 Å². The molecule has 19 heavy (non-hydrogen) atoms. The lowest BCUT2D eigenvalue weighted by atomic mass is 9.96. The summed E-state index contributed by atoms with van der Waals surface area (Å²) < 4.78 is 4.73. The first-order valence-electron chi connectivity index (χ1n) is 6.01. The largest absolute Gasteiger partial charge is 0.469 e. The van der Waals surface area contributed by atoms with Gasteiger partial charge in [0, 0.05) is 31.6 Å². The van der Waals surface area contributed by atoms with Gasteiger partial charge in [-0.05, 0) is 17.7 Å². The molecule has 104 valence electrons. The Bertz CT molecular complexity index is 430. The second kappa shape index (κ2) is 7.79. The average Bonchev–Trinajstić information content (AvgIpc) is 2.38. The Morgan fingerprint density at radius 3 is 2.58 bits per heavy atom.